The molecule has 0 amide bonds. The number of hydrogen-bond acceptors (Lipinski definition) is 6. The van der Waals surface area contributed by atoms with Crippen LogP contribution >= 0.6 is 0 Å². The lowest BCUT2D eigenvalue weighted by atomic mass is 9.83. The van der Waals surface area contributed by atoms with Gasteiger partial charge in [-0.3, -0.25) is 4.79 Å². The second kappa shape index (κ2) is 17.6. The predicted molar refractivity (Wildman–Crippen MR) is 204 cm³/mol. The molecule has 0 heterocycles. The van der Waals surface area contributed by atoms with Gasteiger partial charge in [-0.25, -0.2) is 0 Å². The van der Waals surface area contributed by atoms with Crippen LogP contribution in [0.5, 0.6) is 11.5 Å². The number of carbonyl (C=O) groups excluding carboxylic acids is 1. The molecule has 6 nitrogen and oxygen atoms in total. The molecule has 7 heteroatoms. The molecule has 1 aliphatic rings. The van der Waals surface area contributed by atoms with E-state index in [0.29, 0.717) is 38.6 Å². The highest BCUT2D eigenvalue weighted by molar-refractivity contribution is 7.00. The topological polar surface area (TPSA) is 63.2 Å². The van der Waals surface area contributed by atoms with E-state index in [4.69, 9.17) is 23.4 Å². The SMILES string of the molecule is COCCOCOC/C(=C\c1ccc(O[Si](c2ccccc2)(c2ccccc2)C(C)(C)C)cc1OCc1ccccc1)[C@@H]1CC=C(C)C(=O)C1. The lowest BCUT2D eigenvalue weighted by molar-refractivity contribution is -0.116. The van der Waals surface area contributed by atoms with E-state index in [-0.39, 0.29) is 23.5 Å². The minimum absolute atomic E-state index is 0.0141. The van der Waals surface area contributed by atoms with Gasteiger partial charge in [0.15, 0.2) is 5.78 Å². The summed E-state index contributed by atoms with van der Waals surface area (Å²) in [5.41, 5.74) is 3.80. The highest BCUT2D eigenvalue weighted by atomic mass is 28.4. The summed E-state index contributed by atoms with van der Waals surface area (Å²) in [4.78, 5) is 12.8. The first-order valence-corrected chi connectivity index (χ1v) is 19.3. The van der Waals surface area contributed by atoms with E-state index >= 15 is 0 Å². The summed E-state index contributed by atoms with van der Waals surface area (Å²) in [6.45, 7) is 10.5. The minimum atomic E-state index is -2.88. The Morgan fingerprint density at radius 3 is 2.08 bits per heavy atom. The molecule has 0 radical (unpaired) electrons. The van der Waals surface area contributed by atoms with Gasteiger partial charge in [0.2, 0.25) is 0 Å². The molecule has 4 aromatic rings. The summed E-state index contributed by atoms with van der Waals surface area (Å²) in [6.07, 6.45) is 5.37. The zero-order valence-electron chi connectivity index (χ0n) is 30.0. The molecule has 0 unspecified atom stereocenters. The lowest BCUT2D eigenvalue weighted by Crippen LogP contribution is -2.68. The summed E-state index contributed by atoms with van der Waals surface area (Å²) < 4.78 is 30.6. The number of rotatable bonds is 16. The first-order chi connectivity index (χ1) is 24.2. The van der Waals surface area contributed by atoms with Gasteiger partial charge >= 0.3 is 8.32 Å². The standard InChI is InChI=1S/C43H50O6Si/c1-33-21-22-35(28-41(33)44)37(31-47-32-46-26-25-45-5)27-36-23-24-38(29-42(36)48-30-34-15-9-6-10-16-34)49-50(43(2,3)4,39-17-11-7-12-18-39)40-19-13-8-14-20-40/h6-21,23-24,27,29,35H,22,25-26,28,30-32H2,1-5H3/b37-27+/t35-/m1/s1. The highest BCUT2D eigenvalue weighted by Crippen LogP contribution is 2.39. The summed E-state index contributed by atoms with van der Waals surface area (Å²) in [5, 5.41) is 2.20. The van der Waals surface area contributed by atoms with Crippen molar-refractivity contribution in [2.24, 2.45) is 5.92 Å². The molecule has 50 heavy (non-hydrogen) atoms. The number of ketones is 1. The Labute approximate surface area is 298 Å². The molecule has 0 saturated heterocycles. The molecule has 0 aliphatic heterocycles. The van der Waals surface area contributed by atoms with E-state index in [1.165, 1.54) is 10.4 Å². The van der Waals surface area contributed by atoms with E-state index in [1.54, 1.807) is 7.11 Å². The first-order valence-electron chi connectivity index (χ1n) is 17.4. The van der Waals surface area contributed by atoms with Crippen molar-refractivity contribution < 1.29 is 28.2 Å². The molecule has 1 aliphatic carbocycles. The van der Waals surface area contributed by atoms with Crippen LogP contribution in [0.25, 0.3) is 6.08 Å². The largest absolute Gasteiger partial charge is 0.534 e. The van der Waals surface area contributed by atoms with E-state index in [9.17, 15) is 4.79 Å². The molecule has 0 fully saturated rings. The van der Waals surface area contributed by atoms with Crippen LogP contribution in [0.15, 0.2) is 126 Å². The summed E-state index contributed by atoms with van der Waals surface area (Å²) in [6, 6.07) is 37.5. The van der Waals surface area contributed by atoms with Crippen molar-refractivity contribution in [3.63, 3.8) is 0 Å². The number of carbonyl (C=O) groups is 1. The molecule has 0 bridgehead atoms. The van der Waals surface area contributed by atoms with E-state index in [0.717, 1.165) is 34.4 Å². The normalized spacial score (nSPS) is 15.5. The molecule has 0 N–H and O–H groups in total. The van der Waals surface area contributed by atoms with Gasteiger partial charge in [0, 0.05) is 25.2 Å². The Hall–Kier alpha value is -4.27. The van der Waals surface area contributed by atoms with Gasteiger partial charge in [-0.2, -0.15) is 0 Å². The van der Waals surface area contributed by atoms with Crippen molar-refractivity contribution in [1.82, 2.24) is 0 Å². The zero-order chi connectivity index (χ0) is 35.4. The highest BCUT2D eigenvalue weighted by Gasteiger charge is 2.52. The van der Waals surface area contributed by atoms with Gasteiger partial charge in [0.05, 0.1) is 19.8 Å². The van der Waals surface area contributed by atoms with Crippen molar-refractivity contribution >= 4 is 30.6 Å². The quantitative estimate of drug-likeness (QED) is 0.0672. The van der Waals surface area contributed by atoms with Gasteiger partial charge < -0.3 is 23.4 Å². The third-order valence-corrected chi connectivity index (χ3v) is 14.2. The fourth-order valence-electron chi connectivity index (χ4n) is 6.46. The van der Waals surface area contributed by atoms with E-state index < -0.39 is 8.32 Å². The molecule has 0 spiro atoms. The first kappa shape index (κ1) is 37.0. The van der Waals surface area contributed by atoms with Gasteiger partial charge in [-0.1, -0.05) is 118 Å². The average Bonchev–Trinajstić information content (AvgIpc) is 3.13. The second-order valence-corrected chi connectivity index (χ2v) is 18.0. The third-order valence-electron chi connectivity index (χ3n) is 9.22. The average molecular weight is 691 g/mol. The zero-order valence-corrected chi connectivity index (χ0v) is 31.0. The number of hydrogen-bond donors (Lipinski definition) is 0. The monoisotopic (exact) mass is 690 g/mol. The van der Waals surface area contributed by atoms with Crippen LogP contribution in [0.2, 0.25) is 5.04 Å². The molecule has 5 rings (SSSR count). The Morgan fingerprint density at radius 1 is 0.840 bits per heavy atom. The van der Waals surface area contributed by atoms with Crippen LogP contribution in [0.3, 0.4) is 0 Å². The maximum atomic E-state index is 12.8. The number of allylic oxidation sites excluding steroid dienone is 2. The Morgan fingerprint density at radius 2 is 1.48 bits per heavy atom. The predicted octanol–water partition coefficient (Wildman–Crippen LogP) is 8.15. The lowest BCUT2D eigenvalue weighted by Gasteiger charge is -2.43. The van der Waals surface area contributed by atoms with Gasteiger partial charge in [-0.05, 0) is 69.6 Å². The van der Waals surface area contributed by atoms with Crippen LogP contribution in [-0.2, 0) is 25.6 Å². The van der Waals surface area contributed by atoms with Crippen molar-refractivity contribution in [2.75, 3.05) is 33.7 Å². The number of Topliss-reactive ketones (excluding diaryl/α,β-unsaturated/α-hetero) is 1. The van der Waals surface area contributed by atoms with Crippen molar-refractivity contribution in [3.05, 3.63) is 138 Å². The van der Waals surface area contributed by atoms with Crippen molar-refractivity contribution in [3.8, 4) is 11.5 Å². The van der Waals surface area contributed by atoms with Gasteiger partial charge in [0.25, 0.3) is 0 Å². The molecule has 0 saturated carbocycles. The van der Waals surface area contributed by atoms with Crippen molar-refractivity contribution in [1.29, 1.82) is 0 Å². The maximum Gasteiger partial charge on any atom is 0.319 e. The molecular formula is C43H50O6Si. The third kappa shape index (κ3) is 9.28. The molecule has 0 aromatic heterocycles. The van der Waals surface area contributed by atoms with Gasteiger partial charge in [0.1, 0.15) is 24.9 Å². The molecule has 4 aromatic carbocycles. The smallest absolute Gasteiger partial charge is 0.319 e. The maximum absolute atomic E-state index is 12.8. The second-order valence-electron chi connectivity index (χ2n) is 13.8. The number of ether oxygens (including phenoxy) is 4. The van der Waals surface area contributed by atoms with Gasteiger partial charge in [-0.15, -0.1) is 0 Å². The number of benzene rings is 4. The van der Waals surface area contributed by atoms with E-state index in [2.05, 4.69) is 106 Å². The fraction of sp³-hybridized carbons (Fsp3) is 0.326. The molecule has 1 atom stereocenters. The summed E-state index contributed by atoms with van der Waals surface area (Å²) >= 11 is 0. The van der Waals surface area contributed by atoms with Crippen LogP contribution in [0.1, 0.15) is 51.7 Å². The van der Waals surface area contributed by atoms with Crippen LogP contribution in [0.4, 0.5) is 0 Å². The summed E-state index contributed by atoms with van der Waals surface area (Å²) in [5.74, 6) is 1.63. The minimum Gasteiger partial charge on any atom is -0.534 e. The van der Waals surface area contributed by atoms with Crippen LogP contribution in [0, 0.1) is 5.92 Å². The van der Waals surface area contributed by atoms with E-state index in [1.807, 2.05) is 43.3 Å². The summed E-state index contributed by atoms with van der Waals surface area (Å²) in [7, 11) is -1.24. The Bertz CT molecular complexity index is 1690. The Balaban J connectivity index is 1.56. The molecular weight excluding hydrogens is 641 g/mol. The Kier molecular flexibility index (Phi) is 13.0. The number of methoxy groups -OCH3 is 1. The van der Waals surface area contributed by atoms with Crippen LogP contribution in [-0.4, -0.2) is 47.8 Å². The molecule has 262 valence electrons. The van der Waals surface area contributed by atoms with Crippen LogP contribution < -0.4 is 19.5 Å². The fourth-order valence-corrected chi connectivity index (χ4v) is 10.9. The van der Waals surface area contributed by atoms with Crippen molar-refractivity contribution in [2.45, 2.75) is 52.2 Å².